The van der Waals surface area contributed by atoms with Crippen molar-refractivity contribution in [2.45, 2.75) is 6.61 Å². The fourth-order valence-corrected chi connectivity index (χ4v) is 2.67. The number of carbonyl (C=O) groups is 2. The predicted molar refractivity (Wildman–Crippen MR) is 82.3 cm³/mol. The van der Waals surface area contributed by atoms with Crippen LogP contribution in [0.1, 0.15) is 26.3 Å². The van der Waals surface area contributed by atoms with E-state index in [-0.39, 0.29) is 12.2 Å². The highest BCUT2D eigenvalue weighted by Gasteiger charge is 2.10. The van der Waals surface area contributed by atoms with Crippen molar-refractivity contribution in [3.63, 3.8) is 0 Å². The number of hydrogen-bond acceptors (Lipinski definition) is 3. The van der Waals surface area contributed by atoms with Crippen molar-refractivity contribution in [1.29, 1.82) is 0 Å². The molecule has 0 saturated heterocycles. The van der Waals surface area contributed by atoms with Crippen LogP contribution in [-0.2, 0) is 6.61 Å². The molecule has 1 N–H and O–H groups in total. The second-order valence-corrected chi connectivity index (χ2v) is 5.48. The number of aromatic carboxylic acids is 1. The lowest BCUT2D eigenvalue weighted by Gasteiger charge is -2.11. The summed E-state index contributed by atoms with van der Waals surface area (Å²) in [5, 5.41) is 9.15. The zero-order chi connectivity index (χ0) is 15.4. The average Bonchev–Trinajstić information content (AvgIpc) is 2.46. The Balaban J connectivity index is 2.13. The first-order valence-corrected chi connectivity index (χ1v) is 7.07. The Hall–Kier alpha value is -1.85. The number of benzene rings is 2. The number of aldehydes is 1. The Kier molecular flexibility index (Phi) is 4.98. The summed E-state index contributed by atoms with van der Waals surface area (Å²) in [5.41, 5.74) is 1.47. The third-order valence-electron chi connectivity index (χ3n) is 2.74. The van der Waals surface area contributed by atoms with Crippen molar-refractivity contribution in [1.82, 2.24) is 0 Å². The van der Waals surface area contributed by atoms with E-state index in [1.165, 1.54) is 18.2 Å². The van der Waals surface area contributed by atoms with Crippen LogP contribution in [0.5, 0.6) is 5.75 Å². The number of rotatable bonds is 5. The molecule has 0 atom stereocenters. The summed E-state index contributed by atoms with van der Waals surface area (Å²) in [5.74, 6) is -0.540. The molecule has 2 rings (SSSR count). The van der Waals surface area contributed by atoms with E-state index in [2.05, 4.69) is 15.9 Å². The van der Waals surface area contributed by atoms with E-state index < -0.39 is 5.97 Å². The van der Waals surface area contributed by atoms with Crippen LogP contribution in [0.3, 0.4) is 0 Å². The van der Waals surface area contributed by atoms with Crippen LogP contribution in [0, 0.1) is 0 Å². The smallest absolute Gasteiger partial charge is 0.335 e. The molecule has 0 spiro atoms. The van der Waals surface area contributed by atoms with Crippen molar-refractivity contribution < 1.29 is 19.4 Å². The Morgan fingerprint density at radius 3 is 2.48 bits per heavy atom. The van der Waals surface area contributed by atoms with Crippen molar-refractivity contribution in [3.8, 4) is 5.75 Å². The highest BCUT2D eigenvalue weighted by molar-refractivity contribution is 9.10. The summed E-state index contributed by atoms with van der Waals surface area (Å²) < 4.78 is 6.19. The van der Waals surface area contributed by atoms with E-state index in [1.54, 1.807) is 18.2 Å². The normalized spacial score (nSPS) is 10.2. The van der Waals surface area contributed by atoms with Crippen LogP contribution in [-0.4, -0.2) is 17.4 Å². The zero-order valence-electron chi connectivity index (χ0n) is 10.7. The Morgan fingerprint density at radius 2 is 1.95 bits per heavy atom. The average molecular weight is 370 g/mol. The summed E-state index contributed by atoms with van der Waals surface area (Å²) in [6, 6.07) is 9.49. The van der Waals surface area contributed by atoms with Crippen LogP contribution in [0.25, 0.3) is 0 Å². The van der Waals surface area contributed by atoms with Gasteiger partial charge in [0.15, 0.2) is 5.75 Å². The first kappa shape index (κ1) is 15.5. The molecule has 0 radical (unpaired) electrons. The molecule has 108 valence electrons. The molecule has 2 aromatic carbocycles. The Bertz CT molecular complexity index is 660. The minimum Gasteiger partial charge on any atom is -0.486 e. The number of ether oxygens (including phenoxy) is 1. The van der Waals surface area contributed by atoms with Gasteiger partial charge in [0.25, 0.3) is 0 Å². The molecule has 0 fully saturated rings. The molecule has 0 bridgehead atoms. The number of halogens is 2. The molecule has 0 amide bonds. The molecule has 2 aromatic rings. The number of hydrogen-bond donors (Lipinski definition) is 1. The van der Waals surface area contributed by atoms with Gasteiger partial charge in [-0.15, -0.1) is 0 Å². The fourth-order valence-electron chi connectivity index (χ4n) is 1.68. The molecular weight excluding hydrogens is 360 g/mol. The van der Waals surface area contributed by atoms with Crippen molar-refractivity contribution in [3.05, 3.63) is 62.6 Å². The molecule has 21 heavy (non-hydrogen) atoms. The van der Waals surface area contributed by atoms with Gasteiger partial charge in [0.2, 0.25) is 0 Å². The van der Waals surface area contributed by atoms with Gasteiger partial charge in [0.05, 0.1) is 15.1 Å². The van der Waals surface area contributed by atoms with Crippen molar-refractivity contribution in [2.75, 3.05) is 0 Å². The molecule has 0 saturated carbocycles. The topological polar surface area (TPSA) is 63.6 Å². The lowest BCUT2D eigenvalue weighted by atomic mass is 10.1. The van der Waals surface area contributed by atoms with Gasteiger partial charge >= 0.3 is 5.97 Å². The third-order valence-corrected chi connectivity index (χ3v) is 3.61. The van der Waals surface area contributed by atoms with E-state index in [4.69, 9.17) is 21.4 Å². The van der Waals surface area contributed by atoms with Crippen molar-refractivity contribution in [2.24, 2.45) is 0 Å². The van der Waals surface area contributed by atoms with Crippen LogP contribution in [0.2, 0.25) is 5.02 Å². The van der Waals surface area contributed by atoms with Gasteiger partial charge < -0.3 is 9.84 Å². The van der Waals surface area contributed by atoms with Crippen molar-refractivity contribution >= 4 is 39.8 Å². The first-order valence-electron chi connectivity index (χ1n) is 5.90. The molecule has 0 aromatic heterocycles. The zero-order valence-corrected chi connectivity index (χ0v) is 13.0. The first-order chi connectivity index (χ1) is 10.0. The highest BCUT2D eigenvalue weighted by Crippen LogP contribution is 2.34. The number of carboxylic acids is 1. The van der Waals surface area contributed by atoms with E-state index in [0.29, 0.717) is 27.1 Å². The summed E-state index contributed by atoms with van der Waals surface area (Å²) in [4.78, 5) is 21.5. The number of carbonyl (C=O) groups excluding carboxylic acids is 1. The van der Waals surface area contributed by atoms with Gasteiger partial charge in [-0.25, -0.2) is 4.79 Å². The third kappa shape index (κ3) is 3.83. The monoisotopic (exact) mass is 368 g/mol. The maximum absolute atomic E-state index is 10.8. The largest absolute Gasteiger partial charge is 0.486 e. The standard InChI is InChI=1S/C15H10BrClO4/c16-12-5-10(7-18)6-13(17)14(12)21-8-9-1-3-11(4-2-9)15(19)20/h1-7H,8H2,(H,19,20). The SMILES string of the molecule is O=Cc1cc(Cl)c(OCc2ccc(C(=O)O)cc2)c(Br)c1. The summed E-state index contributed by atoms with van der Waals surface area (Å²) in [6.45, 7) is 0.235. The van der Waals surface area contributed by atoms with E-state index in [9.17, 15) is 9.59 Å². The molecule has 0 aliphatic carbocycles. The van der Waals surface area contributed by atoms with E-state index >= 15 is 0 Å². The quantitative estimate of drug-likeness (QED) is 0.803. The maximum atomic E-state index is 10.8. The molecule has 0 aliphatic heterocycles. The molecule has 0 heterocycles. The predicted octanol–water partition coefficient (Wildman–Crippen LogP) is 4.19. The van der Waals surface area contributed by atoms with Crippen LogP contribution < -0.4 is 4.74 Å². The van der Waals surface area contributed by atoms with Gasteiger partial charge in [0.1, 0.15) is 12.9 Å². The second kappa shape index (κ2) is 6.74. The van der Waals surface area contributed by atoms with E-state index in [1.807, 2.05) is 0 Å². The van der Waals surface area contributed by atoms with Crippen LogP contribution in [0.15, 0.2) is 40.9 Å². The minimum atomic E-state index is -0.974. The molecule has 4 nitrogen and oxygen atoms in total. The molecule has 6 heteroatoms. The van der Waals surface area contributed by atoms with Crippen LogP contribution >= 0.6 is 27.5 Å². The molecule has 0 unspecified atom stereocenters. The van der Waals surface area contributed by atoms with Gasteiger partial charge in [-0.2, -0.15) is 0 Å². The van der Waals surface area contributed by atoms with E-state index in [0.717, 1.165) is 5.56 Å². The Labute approximate surface area is 134 Å². The minimum absolute atomic E-state index is 0.216. The van der Waals surface area contributed by atoms with Gasteiger partial charge in [0, 0.05) is 5.56 Å². The summed E-state index contributed by atoms with van der Waals surface area (Å²) in [7, 11) is 0. The lowest BCUT2D eigenvalue weighted by molar-refractivity contribution is 0.0696. The van der Waals surface area contributed by atoms with Gasteiger partial charge in [-0.3, -0.25) is 4.79 Å². The fraction of sp³-hybridized carbons (Fsp3) is 0.0667. The number of carboxylic acid groups (broad SMARTS) is 1. The van der Waals surface area contributed by atoms with Gasteiger partial charge in [-0.05, 0) is 45.8 Å². The lowest BCUT2D eigenvalue weighted by Crippen LogP contribution is -2.00. The highest BCUT2D eigenvalue weighted by atomic mass is 79.9. The molecular formula is C15H10BrClO4. The Morgan fingerprint density at radius 1 is 1.29 bits per heavy atom. The summed E-state index contributed by atoms with van der Waals surface area (Å²) in [6.07, 6.45) is 0.699. The van der Waals surface area contributed by atoms with Crippen LogP contribution in [0.4, 0.5) is 0 Å². The summed E-state index contributed by atoms with van der Waals surface area (Å²) >= 11 is 9.35. The van der Waals surface area contributed by atoms with Gasteiger partial charge in [-0.1, -0.05) is 23.7 Å². The molecule has 0 aliphatic rings. The second-order valence-electron chi connectivity index (χ2n) is 4.22. The maximum Gasteiger partial charge on any atom is 0.335 e.